The monoisotopic (exact) mass is 290 g/mol. The van der Waals surface area contributed by atoms with Gasteiger partial charge in [-0.15, -0.1) is 12.4 Å². The average molecular weight is 291 g/mol. The molecule has 19 heavy (non-hydrogen) atoms. The summed E-state index contributed by atoms with van der Waals surface area (Å²) < 4.78 is 18.3. The van der Waals surface area contributed by atoms with Crippen LogP contribution in [0, 0.1) is 5.82 Å². The molecule has 0 spiro atoms. The van der Waals surface area contributed by atoms with Crippen LogP contribution in [0.5, 0.6) is 5.75 Å². The average Bonchev–Trinajstić information content (AvgIpc) is 2.27. The van der Waals surface area contributed by atoms with Gasteiger partial charge in [-0.1, -0.05) is 6.07 Å². The maximum absolute atomic E-state index is 13.5. The van der Waals surface area contributed by atoms with Crippen molar-refractivity contribution in [1.29, 1.82) is 0 Å². The molecule has 0 heterocycles. The molecule has 0 saturated carbocycles. The topological polar surface area (TPSA) is 64.3 Å². The van der Waals surface area contributed by atoms with Gasteiger partial charge < -0.3 is 15.8 Å². The molecule has 0 aliphatic heterocycles. The van der Waals surface area contributed by atoms with Gasteiger partial charge in [0.15, 0.2) is 11.6 Å². The number of carbonyl (C=O) groups is 1. The van der Waals surface area contributed by atoms with E-state index in [4.69, 9.17) is 10.5 Å². The summed E-state index contributed by atoms with van der Waals surface area (Å²) in [6.07, 6.45) is 0.253. The predicted molar refractivity (Wildman–Crippen MR) is 75.0 cm³/mol. The normalized spacial score (nSPS) is 13.1. The third kappa shape index (κ3) is 5.44. The predicted octanol–water partition coefficient (Wildman–Crippen LogP) is 2.17. The fraction of sp³-hybridized carbons (Fsp3) is 0.462. The Morgan fingerprint density at radius 1 is 1.47 bits per heavy atom. The van der Waals surface area contributed by atoms with Crippen LogP contribution in [0.4, 0.5) is 4.39 Å². The van der Waals surface area contributed by atoms with Gasteiger partial charge in [0, 0.05) is 12.5 Å². The van der Waals surface area contributed by atoms with E-state index in [1.54, 1.807) is 26.0 Å². The van der Waals surface area contributed by atoms with Gasteiger partial charge in [0.05, 0.1) is 13.2 Å². The molecular formula is C13H20ClFN2O2. The zero-order valence-corrected chi connectivity index (χ0v) is 12.1. The van der Waals surface area contributed by atoms with E-state index in [-0.39, 0.29) is 42.6 Å². The van der Waals surface area contributed by atoms with Gasteiger partial charge in [-0.05, 0) is 31.5 Å². The number of hydrogen-bond donors (Lipinski definition) is 2. The van der Waals surface area contributed by atoms with E-state index in [2.05, 4.69) is 5.32 Å². The Balaban J connectivity index is 0.00000324. The quantitative estimate of drug-likeness (QED) is 0.873. The summed E-state index contributed by atoms with van der Waals surface area (Å²) in [7, 11) is 1.41. The van der Waals surface area contributed by atoms with Gasteiger partial charge in [-0.3, -0.25) is 4.79 Å². The molecule has 2 atom stereocenters. The minimum absolute atomic E-state index is 0. The lowest BCUT2D eigenvalue weighted by Crippen LogP contribution is -2.31. The number of halogens is 2. The number of hydrogen-bond acceptors (Lipinski definition) is 3. The van der Waals surface area contributed by atoms with Crippen LogP contribution in [0.2, 0.25) is 0 Å². The molecule has 0 fully saturated rings. The van der Waals surface area contributed by atoms with E-state index in [0.29, 0.717) is 5.56 Å². The largest absolute Gasteiger partial charge is 0.494 e. The number of methoxy groups -OCH3 is 1. The molecule has 108 valence electrons. The summed E-state index contributed by atoms with van der Waals surface area (Å²) in [5, 5.41) is 2.77. The molecule has 0 aromatic heterocycles. The van der Waals surface area contributed by atoms with Gasteiger partial charge in [-0.2, -0.15) is 0 Å². The van der Waals surface area contributed by atoms with Crippen molar-refractivity contribution in [2.45, 2.75) is 32.4 Å². The number of amides is 1. The van der Waals surface area contributed by atoms with Crippen LogP contribution in [0.15, 0.2) is 18.2 Å². The first-order chi connectivity index (χ1) is 8.43. The second kappa shape index (κ2) is 7.96. The van der Waals surface area contributed by atoms with Crippen LogP contribution in [0.3, 0.4) is 0 Å². The third-order valence-corrected chi connectivity index (χ3v) is 2.56. The first-order valence-electron chi connectivity index (χ1n) is 5.82. The Kier molecular flexibility index (Phi) is 7.41. The Labute approximate surface area is 118 Å². The van der Waals surface area contributed by atoms with E-state index in [9.17, 15) is 9.18 Å². The molecular weight excluding hydrogens is 271 g/mol. The minimum Gasteiger partial charge on any atom is -0.494 e. The fourth-order valence-electron chi connectivity index (χ4n) is 1.63. The lowest BCUT2D eigenvalue weighted by Gasteiger charge is -2.16. The van der Waals surface area contributed by atoms with Crippen LogP contribution < -0.4 is 15.8 Å². The third-order valence-electron chi connectivity index (χ3n) is 2.56. The highest BCUT2D eigenvalue weighted by Gasteiger charge is 2.13. The van der Waals surface area contributed by atoms with Crippen molar-refractivity contribution in [2.24, 2.45) is 5.73 Å². The first kappa shape index (κ1) is 17.7. The second-order valence-electron chi connectivity index (χ2n) is 4.36. The SMILES string of the molecule is COc1ccc(C(C)NC(=O)CC(C)N)cc1F.Cl. The number of ether oxygens (including phenoxy) is 1. The van der Waals surface area contributed by atoms with Crippen molar-refractivity contribution >= 4 is 18.3 Å². The molecule has 0 aliphatic carbocycles. The highest BCUT2D eigenvalue weighted by atomic mass is 35.5. The van der Waals surface area contributed by atoms with Crippen LogP contribution in [-0.4, -0.2) is 19.1 Å². The highest BCUT2D eigenvalue weighted by molar-refractivity contribution is 5.85. The molecule has 0 aliphatic rings. The molecule has 1 aromatic rings. The molecule has 1 rings (SSSR count). The summed E-state index contributed by atoms with van der Waals surface area (Å²) in [5.74, 6) is -0.398. The minimum atomic E-state index is -0.441. The van der Waals surface area contributed by atoms with Gasteiger partial charge >= 0.3 is 0 Å². The van der Waals surface area contributed by atoms with Crippen molar-refractivity contribution in [1.82, 2.24) is 5.32 Å². The van der Waals surface area contributed by atoms with E-state index in [1.165, 1.54) is 13.2 Å². The molecule has 0 saturated heterocycles. The van der Waals surface area contributed by atoms with Crippen LogP contribution in [0.1, 0.15) is 31.9 Å². The standard InChI is InChI=1S/C13H19FN2O2.ClH/c1-8(15)6-13(17)16-9(2)10-4-5-12(18-3)11(14)7-10;/h4-5,7-9H,6,15H2,1-3H3,(H,16,17);1H. The first-order valence-corrected chi connectivity index (χ1v) is 5.82. The Hall–Kier alpha value is -1.33. The Morgan fingerprint density at radius 3 is 2.58 bits per heavy atom. The molecule has 0 bridgehead atoms. The molecule has 2 unspecified atom stereocenters. The lowest BCUT2D eigenvalue weighted by molar-refractivity contribution is -0.122. The van der Waals surface area contributed by atoms with Crippen molar-refractivity contribution in [3.05, 3.63) is 29.6 Å². The number of nitrogens with two attached hydrogens (primary N) is 1. The van der Waals surface area contributed by atoms with E-state index >= 15 is 0 Å². The number of benzene rings is 1. The van der Waals surface area contributed by atoms with E-state index in [0.717, 1.165) is 0 Å². The molecule has 3 N–H and O–H groups in total. The fourth-order valence-corrected chi connectivity index (χ4v) is 1.63. The van der Waals surface area contributed by atoms with Crippen molar-refractivity contribution in [3.63, 3.8) is 0 Å². The van der Waals surface area contributed by atoms with E-state index in [1.807, 2.05) is 0 Å². The van der Waals surface area contributed by atoms with Crippen molar-refractivity contribution < 1.29 is 13.9 Å². The van der Waals surface area contributed by atoms with Crippen molar-refractivity contribution in [3.8, 4) is 5.75 Å². The van der Waals surface area contributed by atoms with E-state index < -0.39 is 5.82 Å². The second-order valence-corrected chi connectivity index (χ2v) is 4.36. The van der Waals surface area contributed by atoms with Crippen LogP contribution >= 0.6 is 12.4 Å². The summed E-state index contributed by atoms with van der Waals surface area (Å²) in [4.78, 5) is 11.5. The maximum Gasteiger partial charge on any atom is 0.222 e. The summed E-state index contributed by atoms with van der Waals surface area (Å²) in [5.41, 5.74) is 6.22. The zero-order chi connectivity index (χ0) is 13.7. The maximum atomic E-state index is 13.5. The summed E-state index contributed by atoms with van der Waals surface area (Å²) in [6, 6.07) is 4.16. The van der Waals surface area contributed by atoms with Crippen molar-refractivity contribution in [2.75, 3.05) is 7.11 Å². The molecule has 1 amide bonds. The number of carbonyl (C=O) groups excluding carboxylic acids is 1. The van der Waals surface area contributed by atoms with Crippen LogP contribution in [0.25, 0.3) is 0 Å². The van der Waals surface area contributed by atoms with Gasteiger partial charge in [-0.25, -0.2) is 4.39 Å². The summed E-state index contributed by atoms with van der Waals surface area (Å²) in [6.45, 7) is 3.55. The Morgan fingerprint density at radius 2 is 2.11 bits per heavy atom. The number of nitrogens with one attached hydrogen (secondary N) is 1. The zero-order valence-electron chi connectivity index (χ0n) is 11.3. The molecule has 0 radical (unpaired) electrons. The molecule has 4 nitrogen and oxygen atoms in total. The molecule has 6 heteroatoms. The highest BCUT2D eigenvalue weighted by Crippen LogP contribution is 2.21. The number of rotatable bonds is 5. The Bertz CT molecular complexity index is 427. The molecule has 1 aromatic carbocycles. The van der Waals surface area contributed by atoms with Gasteiger partial charge in [0.25, 0.3) is 0 Å². The van der Waals surface area contributed by atoms with Gasteiger partial charge in [0.1, 0.15) is 0 Å². The van der Waals surface area contributed by atoms with Gasteiger partial charge in [0.2, 0.25) is 5.91 Å². The lowest BCUT2D eigenvalue weighted by atomic mass is 10.1. The summed E-state index contributed by atoms with van der Waals surface area (Å²) >= 11 is 0. The van der Waals surface area contributed by atoms with Crippen LogP contribution in [-0.2, 0) is 4.79 Å². The smallest absolute Gasteiger partial charge is 0.222 e.